The third kappa shape index (κ3) is 3.54. The molecule has 3 nitrogen and oxygen atoms in total. The van der Waals surface area contributed by atoms with Gasteiger partial charge in [-0.2, -0.15) is 0 Å². The van der Waals surface area contributed by atoms with Crippen LogP contribution in [0.2, 0.25) is 0 Å². The molecular weight excluding hydrogens is 316 g/mol. The lowest BCUT2D eigenvalue weighted by Crippen LogP contribution is -2.34. The Hall–Kier alpha value is -0.580. The van der Waals surface area contributed by atoms with Crippen LogP contribution in [0.5, 0.6) is 0 Å². The largest absolute Gasteiger partial charge is 0.381 e. The van der Waals surface area contributed by atoms with E-state index >= 15 is 0 Å². The van der Waals surface area contributed by atoms with E-state index in [1.54, 1.807) is 0 Å². The maximum Gasteiger partial charge on any atom is 0.0480 e. The molecule has 0 spiro atoms. The summed E-state index contributed by atoms with van der Waals surface area (Å²) in [6.45, 7) is 5.15. The van der Waals surface area contributed by atoms with Crippen molar-refractivity contribution in [1.82, 2.24) is 5.32 Å². The predicted octanol–water partition coefficient (Wildman–Crippen LogP) is 3.32. The zero-order valence-corrected chi connectivity index (χ0v) is 13.5. The quantitative estimate of drug-likeness (QED) is 0.911. The van der Waals surface area contributed by atoms with Gasteiger partial charge in [0, 0.05) is 49.0 Å². The summed E-state index contributed by atoms with van der Waals surface area (Å²) < 4.78 is 6.59. The topological polar surface area (TPSA) is 24.5 Å². The van der Waals surface area contributed by atoms with Gasteiger partial charge in [0.2, 0.25) is 0 Å². The van der Waals surface area contributed by atoms with E-state index in [2.05, 4.69) is 44.3 Å². The van der Waals surface area contributed by atoms with Crippen molar-refractivity contribution >= 4 is 21.6 Å². The lowest BCUT2D eigenvalue weighted by molar-refractivity contribution is 0.0776. The molecule has 20 heavy (non-hydrogen) atoms. The Bertz CT molecular complexity index is 440. The van der Waals surface area contributed by atoms with Crippen LogP contribution in [-0.4, -0.2) is 32.3 Å². The van der Waals surface area contributed by atoms with Crippen molar-refractivity contribution in [3.05, 3.63) is 28.2 Å². The number of nitrogens with zero attached hydrogens (tertiary/aromatic N) is 1. The summed E-state index contributed by atoms with van der Waals surface area (Å²) in [7, 11) is 0. The van der Waals surface area contributed by atoms with Crippen LogP contribution in [0, 0.1) is 0 Å². The summed E-state index contributed by atoms with van der Waals surface area (Å²) in [5, 5.41) is 3.70. The van der Waals surface area contributed by atoms with E-state index in [-0.39, 0.29) is 0 Å². The van der Waals surface area contributed by atoms with Gasteiger partial charge in [0.1, 0.15) is 0 Å². The molecule has 110 valence electrons. The average molecular weight is 339 g/mol. The van der Waals surface area contributed by atoms with Gasteiger partial charge in [0.15, 0.2) is 0 Å². The number of rotatable bonds is 4. The lowest BCUT2D eigenvalue weighted by atomic mass is 10.1. The first-order valence-electron chi connectivity index (χ1n) is 7.67. The molecule has 0 radical (unpaired) electrons. The summed E-state index contributed by atoms with van der Waals surface area (Å²) >= 11 is 3.61. The van der Waals surface area contributed by atoms with Crippen LogP contribution >= 0.6 is 15.9 Å². The minimum absolute atomic E-state index is 0.610. The highest BCUT2D eigenvalue weighted by molar-refractivity contribution is 9.10. The zero-order chi connectivity index (χ0) is 13.8. The first kappa shape index (κ1) is 14.4. The summed E-state index contributed by atoms with van der Waals surface area (Å²) in [5.41, 5.74) is 2.82. The Morgan fingerprint density at radius 2 is 1.95 bits per heavy atom. The second-order valence-electron chi connectivity index (χ2n) is 5.73. The fraction of sp³-hybridized carbons (Fsp3) is 0.625. The maximum absolute atomic E-state index is 5.42. The van der Waals surface area contributed by atoms with Gasteiger partial charge in [0.05, 0.1) is 0 Å². The van der Waals surface area contributed by atoms with Crippen LogP contribution in [-0.2, 0) is 11.3 Å². The van der Waals surface area contributed by atoms with Crippen molar-refractivity contribution in [2.45, 2.75) is 38.3 Å². The van der Waals surface area contributed by atoms with Crippen molar-refractivity contribution in [1.29, 1.82) is 0 Å². The Kier molecular flexibility index (Phi) is 4.97. The average Bonchev–Trinajstić information content (AvgIpc) is 3.01. The van der Waals surface area contributed by atoms with E-state index in [9.17, 15) is 0 Å². The first-order chi connectivity index (χ1) is 9.83. The molecule has 4 heteroatoms. The minimum Gasteiger partial charge on any atom is -0.381 e. The van der Waals surface area contributed by atoms with Crippen LogP contribution in [0.4, 0.5) is 5.69 Å². The predicted molar refractivity (Wildman–Crippen MR) is 86.3 cm³/mol. The van der Waals surface area contributed by atoms with Crippen LogP contribution in [0.3, 0.4) is 0 Å². The minimum atomic E-state index is 0.610. The summed E-state index contributed by atoms with van der Waals surface area (Å²) in [6, 6.07) is 7.29. The summed E-state index contributed by atoms with van der Waals surface area (Å²) in [6.07, 6.45) is 4.91. The lowest BCUT2D eigenvalue weighted by Gasteiger charge is -2.26. The van der Waals surface area contributed by atoms with E-state index in [4.69, 9.17) is 4.74 Å². The zero-order valence-electron chi connectivity index (χ0n) is 11.9. The fourth-order valence-corrected chi connectivity index (χ4v) is 3.44. The molecule has 2 fully saturated rings. The third-order valence-corrected chi connectivity index (χ3v) is 4.79. The van der Waals surface area contributed by atoms with Gasteiger partial charge >= 0.3 is 0 Å². The molecule has 0 unspecified atom stereocenters. The van der Waals surface area contributed by atoms with Crippen LogP contribution in [0.15, 0.2) is 22.7 Å². The molecule has 1 aromatic carbocycles. The Morgan fingerprint density at radius 3 is 2.70 bits per heavy atom. The molecule has 2 aliphatic rings. The van der Waals surface area contributed by atoms with Crippen LogP contribution < -0.4 is 10.2 Å². The third-order valence-electron chi connectivity index (χ3n) is 4.30. The van der Waals surface area contributed by atoms with Gasteiger partial charge in [-0.05, 0) is 43.4 Å². The smallest absolute Gasteiger partial charge is 0.0480 e. The van der Waals surface area contributed by atoms with E-state index in [1.165, 1.54) is 41.7 Å². The van der Waals surface area contributed by atoms with Gasteiger partial charge in [-0.25, -0.2) is 0 Å². The molecule has 1 aromatic rings. The van der Waals surface area contributed by atoms with Gasteiger partial charge in [0.25, 0.3) is 0 Å². The molecule has 2 heterocycles. The Balaban J connectivity index is 1.67. The molecule has 0 aliphatic carbocycles. The van der Waals surface area contributed by atoms with E-state index in [1.807, 2.05) is 0 Å². The van der Waals surface area contributed by atoms with Gasteiger partial charge in [-0.15, -0.1) is 0 Å². The van der Waals surface area contributed by atoms with Crippen molar-refractivity contribution in [3.8, 4) is 0 Å². The number of halogens is 1. The number of hydrogen-bond acceptors (Lipinski definition) is 3. The maximum atomic E-state index is 5.42. The summed E-state index contributed by atoms with van der Waals surface area (Å²) in [5.74, 6) is 0. The standard InChI is InChI=1S/C16H23BrN2O/c17-14-4-3-13(12-18-15-5-9-20-10-6-15)16(11-14)19-7-1-2-8-19/h3-4,11,15,18H,1-2,5-10,12H2. The molecule has 0 amide bonds. The molecule has 3 rings (SSSR count). The number of hydrogen-bond donors (Lipinski definition) is 1. The number of anilines is 1. The monoisotopic (exact) mass is 338 g/mol. The van der Waals surface area contributed by atoms with E-state index in [0.29, 0.717) is 6.04 Å². The van der Waals surface area contributed by atoms with Gasteiger partial charge < -0.3 is 15.0 Å². The van der Waals surface area contributed by atoms with Gasteiger partial charge in [-0.1, -0.05) is 22.0 Å². The van der Waals surface area contributed by atoms with Crippen molar-refractivity contribution < 1.29 is 4.74 Å². The Morgan fingerprint density at radius 1 is 1.20 bits per heavy atom. The molecule has 2 aliphatic heterocycles. The highest BCUT2D eigenvalue weighted by Gasteiger charge is 2.18. The van der Waals surface area contributed by atoms with Crippen molar-refractivity contribution in [2.75, 3.05) is 31.2 Å². The molecule has 1 N–H and O–H groups in total. The summed E-state index contributed by atoms with van der Waals surface area (Å²) in [4.78, 5) is 2.52. The molecule has 0 aromatic heterocycles. The molecular formula is C16H23BrN2O. The normalized spacial score (nSPS) is 20.6. The van der Waals surface area contributed by atoms with E-state index in [0.717, 1.165) is 32.6 Å². The highest BCUT2D eigenvalue weighted by Crippen LogP contribution is 2.28. The number of nitrogens with one attached hydrogen (secondary N) is 1. The first-order valence-corrected chi connectivity index (χ1v) is 8.47. The second-order valence-corrected chi connectivity index (χ2v) is 6.65. The van der Waals surface area contributed by atoms with Crippen LogP contribution in [0.1, 0.15) is 31.2 Å². The second kappa shape index (κ2) is 6.92. The highest BCUT2D eigenvalue weighted by atomic mass is 79.9. The Labute approximate surface area is 129 Å². The molecule has 0 bridgehead atoms. The SMILES string of the molecule is Brc1ccc(CNC2CCOCC2)c(N2CCCC2)c1. The van der Waals surface area contributed by atoms with Crippen molar-refractivity contribution in [2.24, 2.45) is 0 Å². The van der Waals surface area contributed by atoms with Crippen LogP contribution in [0.25, 0.3) is 0 Å². The van der Waals surface area contributed by atoms with Crippen molar-refractivity contribution in [3.63, 3.8) is 0 Å². The van der Waals surface area contributed by atoms with Gasteiger partial charge in [-0.3, -0.25) is 0 Å². The van der Waals surface area contributed by atoms with E-state index < -0.39 is 0 Å². The number of benzene rings is 1. The fourth-order valence-electron chi connectivity index (χ4n) is 3.09. The molecule has 2 saturated heterocycles. The number of ether oxygens (including phenoxy) is 1. The molecule has 0 saturated carbocycles. The molecule has 0 atom stereocenters.